The molecule has 1 atom stereocenters. The fraction of sp³-hybridized carbons (Fsp3) is 0.235. The third kappa shape index (κ3) is 3.01. The molecule has 1 amide bonds. The van der Waals surface area contributed by atoms with E-state index < -0.39 is 28.4 Å². The Labute approximate surface area is 169 Å². The van der Waals surface area contributed by atoms with Crippen LogP contribution in [0.3, 0.4) is 0 Å². The molecule has 0 saturated carbocycles. The van der Waals surface area contributed by atoms with Crippen molar-refractivity contribution < 1.29 is 22.2 Å². The Balaban J connectivity index is 2.06. The van der Waals surface area contributed by atoms with Crippen molar-refractivity contribution in [3.05, 3.63) is 35.8 Å². The van der Waals surface area contributed by atoms with Gasteiger partial charge in [0, 0.05) is 25.2 Å². The number of amides is 1. The first-order valence-corrected chi connectivity index (χ1v) is 9.91. The third-order valence-corrected chi connectivity index (χ3v) is 5.72. The zero-order valence-corrected chi connectivity index (χ0v) is 16.5. The summed E-state index contributed by atoms with van der Waals surface area (Å²) in [5.41, 5.74) is 5.04. The van der Waals surface area contributed by atoms with E-state index in [4.69, 9.17) is 5.73 Å². The molecule has 4 rings (SSSR count). The molecule has 0 aliphatic carbocycles. The number of fused-ring (bicyclic) bond motifs is 2. The number of alkyl halides is 3. The average molecular weight is 437 g/mol. The number of carbonyl (C=O) groups excluding carboxylic acids is 1. The highest BCUT2D eigenvalue weighted by Gasteiger charge is 2.32. The summed E-state index contributed by atoms with van der Waals surface area (Å²) in [5.74, 6) is -0.395. The molecule has 0 radical (unpaired) electrons. The second kappa shape index (κ2) is 6.86. The number of aromatic nitrogens is 6. The first-order chi connectivity index (χ1) is 14.1. The van der Waals surface area contributed by atoms with Crippen molar-refractivity contribution in [1.29, 1.82) is 0 Å². The molecule has 0 aliphatic heterocycles. The predicted octanol–water partition coefficient (Wildman–Crippen LogP) is 1.92. The molecule has 0 aliphatic rings. The number of pyridine rings is 1. The zero-order chi connectivity index (χ0) is 21.8. The number of halogens is 3. The number of primary amides is 1. The maximum absolute atomic E-state index is 13.1. The highest BCUT2D eigenvalue weighted by molar-refractivity contribution is 7.85. The van der Waals surface area contributed by atoms with E-state index >= 15 is 0 Å². The van der Waals surface area contributed by atoms with Crippen LogP contribution >= 0.6 is 0 Å². The van der Waals surface area contributed by atoms with Gasteiger partial charge in [0.1, 0.15) is 17.0 Å². The smallest absolute Gasteiger partial charge is 0.364 e. The Hall–Kier alpha value is -3.35. The number of rotatable bonds is 4. The summed E-state index contributed by atoms with van der Waals surface area (Å²) in [5, 5.41) is 4.34. The van der Waals surface area contributed by atoms with Crippen molar-refractivity contribution >= 4 is 33.5 Å². The molecular weight excluding hydrogens is 423 g/mol. The van der Waals surface area contributed by atoms with Gasteiger partial charge in [-0.15, -0.1) is 0 Å². The van der Waals surface area contributed by atoms with Crippen LogP contribution in [0.25, 0.3) is 28.2 Å². The van der Waals surface area contributed by atoms with E-state index in [2.05, 4.69) is 20.1 Å². The van der Waals surface area contributed by atoms with Gasteiger partial charge in [0.05, 0.1) is 21.9 Å². The van der Waals surface area contributed by atoms with Crippen molar-refractivity contribution in [2.75, 3.05) is 5.75 Å². The molecular formula is C17H14F3N7O2S. The van der Waals surface area contributed by atoms with Crippen molar-refractivity contribution in [3.8, 4) is 11.4 Å². The number of imidazole rings is 1. The predicted molar refractivity (Wildman–Crippen MR) is 101 cm³/mol. The topological polar surface area (TPSA) is 121 Å². The molecule has 0 fully saturated rings. The molecule has 4 aromatic rings. The summed E-state index contributed by atoms with van der Waals surface area (Å²) in [6.07, 6.45) is -2.52. The summed E-state index contributed by atoms with van der Waals surface area (Å²) >= 11 is 0. The van der Waals surface area contributed by atoms with Crippen LogP contribution in [0.5, 0.6) is 0 Å². The normalized spacial score (nSPS) is 13.2. The van der Waals surface area contributed by atoms with Crippen LogP contribution in [-0.2, 0) is 24.0 Å². The lowest BCUT2D eigenvalue weighted by Crippen LogP contribution is -2.16. The number of hydrogen-bond donors (Lipinski definition) is 1. The first-order valence-electron chi connectivity index (χ1n) is 8.59. The molecule has 0 spiro atoms. The van der Waals surface area contributed by atoms with E-state index in [-0.39, 0.29) is 44.7 Å². The standard InChI is InChI=1S/C17H14F3N7O2S/c1-3-30(29)16-11(14-22-5-4-10(12(21)28)27(14)25-16)15-24-9-6-8(17(18,19)20)7-23-13(9)26(15)2/h4-7H,3H2,1-2H3,(H2,21,28). The van der Waals surface area contributed by atoms with Gasteiger partial charge in [0.25, 0.3) is 5.91 Å². The van der Waals surface area contributed by atoms with Gasteiger partial charge in [-0.25, -0.2) is 19.5 Å². The number of nitrogens with zero attached hydrogens (tertiary/aromatic N) is 6. The fourth-order valence-corrected chi connectivity index (χ4v) is 3.92. The van der Waals surface area contributed by atoms with E-state index in [0.717, 1.165) is 16.8 Å². The van der Waals surface area contributed by atoms with E-state index in [1.165, 1.54) is 16.8 Å². The van der Waals surface area contributed by atoms with Crippen LogP contribution in [0.4, 0.5) is 13.2 Å². The minimum Gasteiger partial charge on any atom is -0.364 e. The van der Waals surface area contributed by atoms with E-state index in [9.17, 15) is 22.2 Å². The van der Waals surface area contributed by atoms with Crippen LogP contribution in [0.2, 0.25) is 0 Å². The van der Waals surface area contributed by atoms with Gasteiger partial charge in [0.15, 0.2) is 16.3 Å². The van der Waals surface area contributed by atoms with E-state index in [0.29, 0.717) is 0 Å². The molecule has 0 bridgehead atoms. The van der Waals surface area contributed by atoms with Gasteiger partial charge in [-0.1, -0.05) is 6.92 Å². The molecule has 4 heterocycles. The second-order valence-corrected chi connectivity index (χ2v) is 7.96. The van der Waals surface area contributed by atoms with Gasteiger partial charge in [0.2, 0.25) is 0 Å². The lowest BCUT2D eigenvalue weighted by molar-refractivity contribution is -0.137. The van der Waals surface area contributed by atoms with Crippen LogP contribution in [0.15, 0.2) is 29.6 Å². The van der Waals surface area contributed by atoms with Gasteiger partial charge in [-0.05, 0) is 12.1 Å². The minimum absolute atomic E-state index is 0.000890. The van der Waals surface area contributed by atoms with Crippen LogP contribution in [0, 0.1) is 0 Å². The number of carbonyl (C=O) groups is 1. The molecule has 4 aromatic heterocycles. The molecule has 1 unspecified atom stereocenters. The average Bonchev–Trinajstić information content (AvgIpc) is 3.23. The Morgan fingerprint density at radius 3 is 2.63 bits per heavy atom. The van der Waals surface area contributed by atoms with Crippen molar-refractivity contribution in [2.45, 2.75) is 18.1 Å². The highest BCUT2D eigenvalue weighted by Crippen LogP contribution is 2.34. The summed E-state index contributed by atoms with van der Waals surface area (Å²) < 4.78 is 54.5. The Bertz CT molecular complexity index is 1340. The second-order valence-electron chi connectivity index (χ2n) is 6.30. The SMILES string of the molecule is CCS(=O)c1nn2c(C(N)=O)ccnc2c1-c1nc2cc(C(F)(F)F)cnc2n1C. The molecule has 13 heteroatoms. The van der Waals surface area contributed by atoms with E-state index in [1.54, 1.807) is 14.0 Å². The van der Waals surface area contributed by atoms with Crippen molar-refractivity contribution in [1.82, 2.24) is 29.1 Å². The Morgan fingerprint density at radius 2 is 2.00 bits per heavy atom. The molecule has 0 aromatic carbocycles. The molecule has 9 nitrogen and oxygen atoms in total. The summed E-state index contributed by atoms with van der Waals surface area (Å²) in [6, 6.07) is 2.24. The van der Waals surface area contributed by atoms with Gasteiger partial charge >= 0.3 is 6.18 Å². The van der Waals surface area contributed by atoms with Crippen molar-refractivity contribution in [3.63, 3.8) is 0 Å². The Morgan fingerprint density at radius 1 is 1.27 bits per heavy atom. The lowest BCUT2D eigenvalue weighted by Gasteiger charge is -2.05. The lowest BCUT2D eigenvalue weighted by atomic mass is 10.2. The van der Waals surface area contributed by atoms with Crippen LogP contribution in [-0.4, -0.2) is 45.0 Å². The van der Waals surface area contributed by atoms with Crippen LogP contribution in [0.1, 0.15) is 23.0 Å². The highest BCUT2D eigenvalue weighted by atomic mass is 32.2. The maximum atomic E-state index is 13.1. The monoisotopic (exact) mass is 437 g/mol. The first kappa shape index (κ1) is 19.9. The zero-order valence-electron chi connectivity index (χ0n) is 15.6. The summed E-state index contributed by atoms with van der Waals surface area (Å²) in [6.45, 7) is 1.68. The molecule has 0 saturated heterocycles. The van der Waals surface area contributed by atoms with Crippen LogP contribution < -0.4 is 5.73 Å². The molecule has 156 valence electrons. The number of hydrogen-bond acceptors (Lipinski definition) is 6. The minimum atomic E-state index is -4.57. The Kier molecular flexibility index (Phi) is 4.56. The number of nitrogens with two attached hydrogens (primary N) is 1. The largest absolute Gasteiger partial charge is 0.417 e. The summed E-state index contributed by atoms with van der Waals surface area (Å²) in [7, 11) is -0.0222. The van der Waals surface area contributed by atoms with Gasteiger partial charge < -0.3 is 10.3 Å². The third-order valence-electron chi connectivity index (χ3n) is 4.48. The molecule has 2 N–H and O–H groups in total. The quantitative estimate of drug-likeness (QED) is 0.521. The van der Waals surface area contributed by atoms with Gasteiger partial charge in [-0.3, -0.25) is 9.00 Å². The summed E-state index contributed by atoms with van der Waals surface area (Å²) in [4.78, 5) is 24.2. The number of aryl methyl sites for hydroxylation is 1. The van der Waals surface area contributed by atoms with Gasteiger partial charge in [-0.2, -0.15) is 18.3 Å². The fourth-order valence-electron chi connectivity index (χ4n) is 3.06. The van der Waals surface area contributed by atoms with E-state index in [1.807, 2.05) is 0 Å². The maximum Gasteiger partial charge on any atom is 0.417 e. The van der Waals surface area contributed by atoms with Crippen molar-refractivity contribution in [2.24, 2.45) is 12.8 Å². The molecule has 30 heavy (non-hydrogen) atoms.